The van der Waals surface area contributed by atoms with Gasteiger partial charge in [-0.25, -0.2) is 4.68 Å². The summed E-state index contributed by atoms with van der Waals surface area (Å²) in [6.07, 6.45) is -0.341. The Morgan fingerprint density at radius 1 is 1.03 bits per heavy atom. The van der Waals surface area contributed by atoms with Gasteiger partial charge in [0, 0.05) is 31.6 Å². The Bertz CT molecular complexity index is 1160. The highest BCUT2D eigenvalue weighted by Crippen LogP contribution is 2.40. The molecule has 11 heteroatoms. The van der Waals surface area contributed by atoms with E-state index in [2.05, 4.69) is 20.4 Å². The predicted octanol–water partition coefficient (Wildman–Crippen LogP) is 4.24. The fraction of sp³-hybridized carbons (Fsp3) is 0.565. The van der Waals surface area contributed by atoms with Gasteiger partial charge >= 0.3 is 12.2 Å². The van der Waals surface area contributed by atoms with E-state index in [0.717, 1.165) is 68.8 Å². The molecule has 6 rings (SSSR count). The van der Waals surface area contributed by atoms with Crippen LogP contribution in [0.15, 0.2) is 28.8 Å². The Labute approximate surface area is 194 Å². The van der Waals surface area contributed by atoms with Gasteiger partial charge in [-0.15, -0.1) is 5.10 Å². The van der Waals surface area contributed by atoms with Gasteiger partial charge in [-0.05, 0) is 62.1 Å². The third kappa shape index (κ3) is 3.80. The summed E-state index contributed by atoms with van der Waals surface area (Å²) in [6.45, 7) is 4.28. The molecule has 4 atom stereocenters. The molecule has 2 aliphatic heterocycles. The summed E-state index contributed by atoms with van der Waals surface area (Å²) in [6, 6.07) is 6.30. The van der Waals surface area contributed by atoms with E-state index in [4.69, 9.17) is 14.6 Å². The molecule has 1 saturated heterocycles. The molecule has 1 saturated carbocycles. The van der Waals surface area contributed by atoms with Crippen LogP contribution in [0.25, 0.3) is 0 Å². The molecule has 0 amide bonds. The standard InChI is InChI=1S/C23H26F3N7O/c1-13-27-22(34-31-13)32-11-15-4-5-16(12-32)19(15)28-21-29-20-18(3-2-10-33(20)30-21)14-6-8-17(9-7-14)23(24,25)26/h6-9,15-16,18-19H,2-5,10-12H2,1H3,(H,28,30)/t15-,16+,18?,19-. The van der Waals surface area contributed by atoms with Crippen molar-refractivity contribution in [2.75, 3.05) is 23.3 Å². The van der Waals surface area contributed by atoms with Gasteiger partial charge in [0.15, 0.2) is 5.82 Å². The van der Waals surface area contributed by atoms with E-state index in [1.165, 1.54) is 0 Å². The Balaban J connectivity index is 1.19. The number of hydrogen-bond acceptors (Lipinski definition) is 7. The highest BCUT2D eigenvalue weighted by atomic mass is 19.4. The van der Waals surface area contributed by atoms with Gasteiger partial charge in [-0.2, -0.15) is 23.1 Å². The number of aryl methyl sites for hydroxylation is 2. The normalized spacial score (nSPS) is 26.5. The van der Waals surface area contributed by atoms with Crippen LogP contribution in [0.5, 0.6) is 0 Å². The highest BCUT2D eigenvalue weighted by molar-refractivity contribution is 5.36. The molecule has 2 aromatic heterocycles. The predicted molar refractivity (Wildman–Crippen MR) is 117 cm³/mol. The fourth-order valence-electron chi connectivity index (χ4n) is 5.81. The number of alkyl halides is 3. The second-order valence-electron chi connectivity index (χ2n) is 9.63. The largest absolute Gasteiger partial charge is 0.416 e. The minimum Gasteiger partial charge on any atom is -0.350 e. The summed E-state index contributed by atoms with van der Waals surface area (Å²) in [4.78, 5) is 11.4. The molecule has 2 fully saturated rings. The van der Waals surface area contributed by atoms with E-state index >= 15 is 0 Å². The van der Waals surface area contributed by atoms with Crippen molar-refractivity contribution in [3.05, 3.63) is 47.0 Å². The van der Waals surface area contributed by atoms with Gasteiger partial charge in [0.05, 0.1) is 5.56 Å². The average molecular weight is 474 g/mol. The Hall–Kier alpha value is -3.11. The van der Waals surface area contributed by atoms with Crippen LogP contribution in [0.4, 0.5) is 25.1 Å². The van der Waals surface area contributed by atoms with Crippen LogP contribution in [0.2, 0.25) is 0 Å². The second-order valence-corrected chi connectivity index (χ2v) is 9.63. The third-order valence-corrected chi connectivity index (χ3v) is 7.43. The first-order valence-corrected chi connectivity index (χ1v) is 11.8. The first-order chi connectivity index (χ1) is 16.3. The lowest BCUT2D eigenvalue weighted by Gasteiger charge is -2.37. The maximum absolute atomic E-state index is 13.0. The van der Waals surface area contributed by atoms with Gasteiger partial charge in [-0.1, -0.05) is 17.3 Å². The molecule has 0 radical (unpaired) electrons. The smallest absolute Gasteiger partial charge is 0.350 e. The molecular formula is C23H26F3N7O. The Kier molecular flexibility index (Phi) is 5.03. The number of hydrogen-bond donors (Lipinski definition) is 1. The molecule has 34 heavy (non-hydrogen) atoms. The number of halogens is 3. The zero-order chi connectivity index (χ0) is 23.4. The van der Waals surface area contributed by atoms with Crippen molar-refractivity contribution in [1.29, 1.82) is 0 Å². The third-order valence-electron chi connectivity index (χ3n) is 7.43. The zero-order valence-corrected chi connectivity index (χ0v) is 18.8. The maximum atomic E-state index is 13.0. The van der Waals surface area contributed by atoms with E-state index in [0.29, 0.717) is 29.6 Å². The molecule has 3 aromatic rings. The molecule has 1 aromatic carbocycles. The topological polar surface area (TPSA) is 84.9 Å². The van der Waals surface area contributed by atoms with Gasteiger partial charge < -0.3 is 14.7 Å². The van der Waals surface area contributed by atoms with Gasteiger partial charge in [0.1, 0.15) is 5.82 Å². The summed E-state index contributed by atoms with van der Waals surface area (Å²) in [5, 5.41) is 12.2. The number of nitrogens with zero attached hydrogens (tertiary/aromatic N) is 6. The molecule has 1 unspecified atom stereocenters. The zero-order valence-electron chi connectivity index (χ0n) is 18.8. The molecule has 3 aliphatic rings. The van der Waals surface area contributed by atoms with E-state index in [1.807, 2.05) is 11.6 Å². The minimum atomic E-state index is -4.33. The summed E-state index contributed by atoms with van der Waals surface area (Å²) in [7, 11) is 0. The van der Waals surface area contributed by atoms with Crippen LogP contribution >= 0.6 is 0 Å². The summed E-state index contributed by atoms with van der Waals surface area (Å²) in [5.74, 6) is 2.86. The van der Waals surface area contributed by atoms with Crippen LogP contribution in [0.3, 0.4) is 0 Å². The number of fused-ring (bicyclic) bond motifs is 3. The minimum absolute atomic E-state index is 0.0570. The molecule has 1 aliphatic carbocycles. The summed E-state index contributed by atoms with van der Waals surface area (Å²) < 4.78 is 46.2. The van der Waals surface area contributed by atoms with Crippen LogP contribution in [0.1, 0.15) is 54.4 Å². The number of aromatic nitrogens is 5. The Morgan fingerprint density at radius 3 is 2.41 bits per heavy atom. The van der Waals surface area contributed by atoms with Crippen molar-refractivity contribution in [1.82, 2.24) is 24.9 Å². The van der Waals surface area contributed by atoms with E-state index < -0.39 is 11.7 Å². The van der Waals surface area contributed by atoms with Gasteiger partial charge in [0.25, 0.3) is 0 Å². The molecule has 0 spiro atoms. The molecule has 180 valence electrons. The Morgan fingerprint density at radius 2 is 1.76 bits per heavy atom. The lowest BCUT2D eigenvalue weighted by molar-refractivity contribution is -0.137. The van der Waals surface area contributed by atoms with Crippen LogP contribution < -0.4 is 10.2 Å². The van der Waals surface area contributed by atoms with Crippen LogP contribution in [-0.4, -0.2) is 44.0 Å². The molecule has 1 N–H and O–H groups in total. The lowest BCUT2D eigenvalue weighted by atomic mass is 9.90. The summed E-state index contributed by atoms with van der Waals surface area (Å²) >= 11 is 0. The van der Waals surface area contributed by atoms with E-state index in [9.17, 15) is 13.2 Å². The average Bonchev–Trinajstić information content (AvgIpc) is 3.48. The molecule has 4 heterocycles. The first-order valence-electron chi connectivity index (χ1n) is 11.8. The summed E-state index contributed by atoms with van der Waals surface area (Å²) in [5.41, 5.74) is 0.213. The number of rotatable bonds is 4. The molecule has 2 bridgehead atoms. The van der Waals surface area contributed by atoms with Crippen molar-refractivity contribution < 1.29 is 17.7 Å². The van der Waals surface area contributed by atoms with Crippen molar-refractivity contribution in [3.8, 4) is 0 Å². The molecule has 8 nitrogen and oxygen atoms in total. The van der Waals surface area contributed by atoms with Crippen molar-refractivity contribution in [3.63, 3.8) is 0 Å². The fourth-order valence-corrected chi connectivity index (χ4v) is 5.81. The van der Waals surface area contributed by atoms with Crippen molar-refractivity contribution in [2.24, 2.45) is 11.8 Å². The first kappa shape index (κ1) is 21.4. The highest BCUT2D eigenvalue weighted by Gasteiger charge is 2.44. The van der Waals surface area contributed by atoms with E-state index in [-0.39, 0.29) is 12.0 Å². The SMILES string of the molecule is Cc1noc(N2C[C@H]3CC[C@@H](C2)[C@@H]3Nc2nc3n(n2)CCCC3c2ccc(C(F)(F)F)cc2)n1. The number of nitrogens with one attached hydrogen (secondary N) is 1. The number of piperidine rings is 1. The monoisotopic (exact) mass is 473 g/mol. The lowest BCUT2D eigenvalue weighted by Crippen LogP contribution is -2.48. The molecular weight excluding hydrogens is 447 g/mol. The quantitative estimate of drug-likeness (QED) is 0.607. The second kappa shape index (κ2) is 7.99. The van der Waals surface area contributed by atoms with Crippen molar-refractivity contribution in [2.45, 2.75) is 57.3 Å². The number of anilines is 2. The van der Waals surface area contributed by atoms with E-state index in [1.54, 1.807) is 12.1 Å². The van der Waals surface area contributed by atoms with Gasteiger partial charge in [0.2, 0.25) is 5.95 Å². The van der Waals surface area contributed by atoms with Crippen LogP contribution in [-0.2, 0) is 12.7 Å². The van der Waals surface area contributed by atoms with Crippen molar-refractivity contribution >= 4 is 12.0 Å². The van der Waals surface area contributed by atoms with Gasteiger partial charge in [-0.3, -0.25) is 0 Å². The van der Waals surface area contributed by atoms with Crippen LogP contribution in [0, 0.1) is 18.8 Å². The maximum Gasteiger partial charge on any atom is 0.416 e. The number of benzene rings is 1.